The topological polar surface area (TPSA) is 24.9 Å². The van der Waals surface area contributed by atoms with E-state index in [4.69, 9.17) is 0 Å². The van der Waals surface area contributed by atoms with Crippen LogP contribution in [0.2, 0.25) is 0 Å². The van der Waals surface area contributed by atoms with E-state index < -0.39 is 0 Å². The van der Waals surface area contributed by atoms with Gasteiger partial charge < -0.3 is 5.32 Å². The highest BCUT2D eigenvalue weighted by molar-refractivity contribution is 7.11. The van der Waals surface area contributed by atoms with E-state index in [1.54, 1.807) is 0 Å². The van der Waals surface area contributed by atoms with Crippen LogP contribution in [0.4, 0.5) is 0 Å². The van der Waals surface area contributed by atoms with Crippen molar-refractivity contribution in [1.82, 2.24) is 10.3 Å². The number of nitrogens with zero attached hydrogens (tertiary/aromatic N) is 1. The largest absolute Gasteiger partial charge is 0.309 e. The molecule has 2 atom stereocenters. The first-order chi connectivity index (χ1) is 7.54. The zero-order valence-electron chi connectivity index (χ0n) is 11.1. The minimum absolute atomic E-state index is 0.547. The molecule has 0 aliphatic rings. The fraction of sp³-hybridized carbons (Fsp3) is 0.769. The van der Waals surface area contributed by atoms with Crippen LogP contribution in [0.5, 0.6) is 0 Å². The van der Waals surface area contributed by atoms with Gasteiger partial charge in [0.2, 0.25) is 0 Å². The first-order valence-electron chi connectivity index (χ1n) is 6.22. The molecule has 16 heavy (non-hydrogen) atoms. The molecule has 0 aliphatic heterocycles. The van der Waals surface area contributed by atoms with E-state index in [0.717, 1.165) is 12.5 Å². The van der Waals surface area contributed by atoms with Crippen LogP contribution in [0.25, 0.3) is 0 Å². The molecule has 3 heteroatoms. The number of hydrogen-bond acceptors (Lipinski definition) is 3. The van der Waals surface area contributed by atoms with E-state index in [2.05, 4.69) is 44.9 Å². The third-order valence-corrected chi connectivity index (χ3v) is 4.46. The average Bonchev–Trinajstić information content (AvgIpc) is 2.73. The van der Waals surface area contributed by atoms with Crippen LogP contribution < -0.4 is 5.32 Å². The summed E-state index contributed by atoms with van der Waals surface area (Å²) in [5.41, 5.74) is 0. The first-order valence-corrected chi connectivity index (χ1v) is 7.04. The van der Waals surface area contributed by atoms with Crippen LogP contribution in [-0.4, -0.2) is 11.0 Å². The van der Waals surface area contributed by atoms with Gasteiger partial charge in [0.05, 0.1) is 5.01 Å². The van der Waals surface area contributed by atoms with E-state index in [1.807, 2.05) is 17.5 Å². The van der Waals surface area contributed by atoms with E-state index in [1.165, 1.54) is 16.3 Å². The predicted octanol–water partition coefficient (Wildman–Crippen LogP) is 3.79. The summed E-state index contributed by atoms with van der Waals surface area (Å²) in [7, 11) is 0. The molecule has 0 aliphatic carbocycles. The summed E-state index contributed by atoms with van der Waals surface area (Å²) in [6.07, 6.45) is 3.24. The molecule has 0 saturated carbocycles. The second-order valence-corrected chi connectivity index (χ2v) is 6.02. The van der Waals surface area contributed by atoms with Crippen LogP contribution in [0.1, 0.15) is 56.8 Å². The Morgan fingerprint density at radius 3 is 2.50 bits per heavy atom. The molecule has 0 spiro atoms. The third-order valence-electron chi connectivity index (χ3n) is 3.16. The molecule has 0 amide bonds. The van der Waals surface area contributed by atoms with Gasteiger partial charge >= 0.3 is 0 Å². The number of aromatic nitrogens is 1. The van der Waals surface area contributed by atoms with E-state index in [0.29, 0.717) is 12.0 Å². The second kappa shape index (κ2) is 6.36. The Morgan fingerprint density at radius 1 is 1.31 bits per heavy atom. The van der Waals surface area contributed by atoms with Gasteiger partial charge in [-0.05, 0) is 12.8 Å². The summed E-state index contributed by atoms with van der Waals surface area (Å²) in [4.78, 5) is 5.78. The summed E-state index contributed by atoms with van der Waals surface area (Å²) in [6.45, 7) is 12.1. The molecule has 2 unspecified atom stereocenters. The van der Waals surface area contributed by atoms with Crippen molar-refractivity contribution in [2.24, 2.45) is 5.92 Å². The molecule has 0 bridgehead atoms. The molecule has 0 fully saturated rings. The van der Waals surface area contributed by atoms with Crippen molar-refractivity contribution in [2.45, 2.75) is 59.5 Å². The average molecular weight is 240 g/mol. The summed E-state index contributed by atoms with van der Waals surface area (Å²) >= 11 is 1.83. The summed E-state index contributed by atoms with van der Waals surface area (Å²) in [5, 5.41) is 4.82. The number of rotatable bonds is 6. The highest BCUT2D eigenvalue weighted by atomic mass is 32.1. The Labute approximate surface area is 103 Å². The highest BCUT2D eigenvalue weighted by Gasteiger charge is 2.10. The van der Waals surface area contributed by atoms with Gasteiger partial charge in [-0.15, -0.1) is 11.3 Å². The van der Waals surface area contributed by atoms with Crippen LogP contribution in [0, 0.1) is 5.92 Å². The molecule has 0 aromatic carbocycles. The third kappa shape index (κ3) is 3.87. The molecule has 1 aromatic heterocycles. The monoisotopic (exact) mass is 240 g/mol. The Hall–Kier alpha value is -0.410. The normalized spacial score (nSPS) is 15.4. The van der Waals surface area contributed by atoms with Crippen molar-refractivity contribution in [3.63, 3.8) is 0 Å². The standard InChI is InChI=1S/C13H24N2S/c1-6-10(4)11(5)14-7-12-8-15-13(16-12)9(2)3/h8-11,14H,6-7H2,1-5H3. The number of hydrogen-bond donors (Lipinski definition) is 1. The second-order valence-electron chi connectivity index (χ2n) is 4.87. The van der Waals surface area contributed by atoms with Crippen LogP contribution in [-0.2, 0) is 6.54 Å². The van der Waals surface area contributed by atoms with Crippen molar-refractivity contribution in [2.75, 3.05) is 0 Å². The van der Waals surface area contributed by atoms with Crippen LogP contribution in [0.15, 0.2) is 6.20 Å². The van der Waals surface area contributed by atoms with Gasteiger partial charge in [-0.3, -0.25) is 0 Å². The van der Waals surface area contributed by atoms with Gasteiger partial charge in [0.1, 0.15) is 0 Å². The van der Waals surface area contributed by atoms with Gasteiger partial charge in [-0.2, -0.15) is 0 Å². The molecule has 0 radical (unpaired) electrons. The Morgan fingerprint density at radius 2 is 2.00 bits per heavy atom. The van der Waals surface area contributed by atoms with Crippen molar-refractivity contribution >= 4 is 11.3 Å². The molecule has 1 aromatic rings. The molecule has 1 heterocycles. The maximum Gasteiger partial charge on any atom is 0.0953 e. The van der Waals surface area contributed by atoms with Gasteiger partial charge in [0.15, 0.2) is 0 Å². The summed E-state index contributed by atoms with van der Waals surface area (Å²) in [5.74, 6) is 1.28. The fourth-order valence-electron chi connectivity index (χ4n) is 1.49. The van der Waals surface area contributed by atoms with E-state index >= 15 is 0 Å². The lowest BCUT2D eigenvalue weighted by Gasteiger charge is -2.19. The lowest BCUT2D eigenvalue weighted by Crippen LogP contribution is -2.31. The number of thiazole rings is 1. The van der Waals surface area contributed by atoms with E-state index in [9.17, 15) is 0 Å². The van der Waals surface area contributed by atoms with Crippen molar-refractivity contribution < 1.29 is 0 Å². The smallest absolute Gasteiger partial charge is 0.0953 e. The zero-order chi connectivity index (χ0) is 12.1. The fourth-order valence-corrected chi connectivity index (χ4v) is 2.36. The summed E-state index contributed by atoms with van der Waals surface area (Å²) < 4.78 is 0. The van der Waals surface area contributed by atoms with Gasteiger partial charge in [0.25, 0.3) is 0 Å². The quantitative estimate of drug-likeness (QED) is 0.818. The van der Waals surface area contributed by atoms with Gasteiger partial charge in [0, 0.05) is 29.6 Å². The lowest BCUT2D eigenvalue weighted by molar-refractivity contribution is 0.390. The molecule has 0 saturated heterocycles. The van der Waals surface area contributed by atoms with E-state index in [-0.39, 0.29) is 0 Å². The lowest BCUT2D eigenvalue weighted by atomic mass is 10.0. The molecule has 92 valence electrons. The van der Waals surface area contributed by atoms with Crippen LogP contribution in [0.3, 0.4) is 0 Å². The highest BCUT2D eigenvalue weighted by Crippen LogP contribution is 2.21. The zero-order valence-corrected chi connectivity index (χ0v) is 11.9. The maximum atomic E-state index is 4.44. The van der Waals surface area contributed by atoms with Crippen molar-refractivity contribution in [3.05, 3.63) is 16.1 Å². The van der Waals surface area contributed by atoms with Gasteiger partial charge in [-0.1, -0.05) is 34.1 Å². The molecule has 2 nitrogen and oxygen atoms in total. The maximum absolute atomic E-state index is 4.44. The Kier molecular flexibility index (Phi) is 5.42. The molecule has 1 rings (SSSR count). The molecular formula is C13H24N2S. The first kappa shape index (κ1) is 13.7. The number of nitrogens with one attached hydrogen (secondary N) is 1. The minimum Gasteiger partial charge on any atom is -0.309 e. The van der Waals surface area contributed by atoms with Crippen molar-refractivity contribution in [1.29, 1.82) is 0 Å². The van der Waals surface area contributed by atoms with Gasteiger partial charge in [-0.25, -0.2) is 4.98 Å². The predicted molar refractivity (Wildman–Crippen MR) is 72.0 cm³/mol. The Bertz CT molecular complexity index is 307. The van der Waals surface area contributed by atoms with Crippen molar-refractivity contribution in [3.8, 4) is 0 Å². The molecule has 1 N–H and O–H groups in total. The summed E-state index contributed by atoms with van der Waals surface area (Å²) in [6, 6.07) is 0.578. The molecular weight excluding hydrogens is 216 g/mol. The Balaban J connectivity index is 2.42. The minimum atomic E-state index is 0.547. The SMILES string of the molecule is CCC(C)C(C)NCc1cnc(C(C)C)s1. The van der Waals surface area contributed by atoms with Crippen LogP contribution >= 0.6 is 11.3 Å².